The van der Waals surface area contributed by atoms with Gasteiger partial charge in [0.1, 0.15) is 0 Å². The van der Waals surface area contributed by atoms with Gasteiger partial charge in [-0.05, 0) is 26.0 Å². The van der Waals surface area contributed by atoms with Gasteiger partial charge in [0.25, 0.3) is 0 Å². The smallest absolute Gasteiger partial charge is 0.155 e. The zero-order valence-corrected chi connectivity index (χ0v) is 8.94. The molecule has 1 aliphatic heterocycles. The molecule has 3 nitrogen and oxygen atoms in total. The summed E-state index contributed by atoms with van der Waals surface area (Å²) >= 11 is 0. The molecule has 2 N–H and O–H groups in total. The van der Waals surface area contributed by atoms with Crippen molar-refractivity contribution in [1.29, 1.82) is 0 Å². The molecule has 2 rings (SSSR count). The van der Waals surface area contributed by atoms with Crippen molar-refractivity contribution in [3.05, 3.63) is 24.3 Å². The lowest BCUT2D eigenvalue weighted by molar-refractivity contribution is 0.576. The van der Waals surface area contributed by atoms with Crippen molar-refractivity contribution in [1.82, 2.24) is 0 Å². The van der Waals surface area contributed by atoms with E-state index >= 15 is 0 Å². The van der Waals surface area contributed by atoms with Gasteiger partial charge in [0.15, 0.2) is 6.29 Å². The number of nitrogens with two attached hydrogens (primary N) is 1. The lowest BCUT2D eigenvalue weighted by Gasteiger charge is -2.30. The van der Waals surface area contributed by atoms with Crippen molar-refractivity contribution in [3.8, 4) is 0 Å². The lowest BCUT2D eigenvalue weighted by atomic mass is 10.2. The summed E-state index contributed by atoms with van der Waals surface area (Å²) in [6.45, 7) is 4.32. The van der Waals surface area contributed by atoms with E-state index in [1.54, 1.807) is 0 Å². The molecule has 0 fully saturated rings. The Balaban J connectivity index is 2.48. The van der Waals surface area contributed by atoms with Crippen LogP contribution < -0.4 is 15.5 Å². The molecule has 0 aromatic heterocycles. The van der Waals surface area contributed by atoms with Gasteiger partial charge >= 0.3 is 0 Å². The van der Waals surface area contributed by atoms with E-state index in [1.807, 2.05) is 13.1 Å². The Kier molecular flexibility index (Phi) is 2.11. The Morgan fingerprint density at radius 3 is 2.36 bits per heavy atom. The van der Waals surface area contributed by atoms with Crippen molar-refractivity contribution in [2.75, 3.05) is 16.8 Å². The minimum absolute atomic E-state index is 0.0348. The molecule has 1 aliphatic rings. The van der Waals surface area contributed by atoms with E-state index in [0.29, 0.717) is 6.04 Å². The number of benzene rings is 1. The van der Waals surface area contributed by atoms with Crippen molar-refractivity contribution < 1.29 is 0 Å². The first-order valence-electron chi connectivity index (χ1n) is 4.98. The van der Waals surface area contributed by atoms with Crippen LogP contribution in [0.15, 0.2) is 24.3 Å². The molecule has 0 radical (unpaired) electrons. The fourth-order valence-corrected chi connectivity index (χ4v) is 2.04. The Labute approximate surface area is 85.1 Å². The lowest BCUT2D eigenvalue weighted by Crippen LogP contribution is -2.51. The molecule has 1 aromatic carbocycles. The Morgan fingerprint density at radius 2 is 1.79 bits per heavy atom. The Hall–Kier alpha value is -1.22. The minimum atomic E-state index is -0.0348. The maximum Gasteiger partial charge on any atom is 0.155 e. The van der Waals surface area contributed by atoms with Gasteiger partial charge in [0.05, 0.1) is 11.4 Å². The molecule has 0 saturated carbocycles. The topological polar surface area (TPSA) is 32.5 Å². The average Bonchev–Trinajstić information content (AvgIpc) is 2.41. The maximum absolute atomic E-state index is 6.13. The summed E-state index contributed by atoms with van der Waals surface area (Å²) in [7, 11) is 2.03. The number of rotatable bonds is 1. The third kappa shape index (κ3) is 1.16. The molecule has 1 aromatic rings. The standard InChI is InChI=1S/C11H17N3/c1-8(2)14-10-7-5-4-6-9(10)13(3)11(14)12/h4-8,11H,12H2,1-3H3. The van der Waals surface area contributed by atoms with Gasteiger partial charge in [-0.3, -0.25) is 5.73 Å². The van der Waals surface area contributed by atoms with Crippen LogP contribution in [0.4, 0.5) is 11.4 Å². The van der Waals surface area contributed by atoms with Crippen LogP contribution in [0.25, 0.3) is 0 Å². The van der Waals surface area contributed by atoms with Crippen LogP contribution in [-0.4, -0.2) is 19.4 Å². The largest absolute Gasteiger partial charge is 0.340 e. The second-order valence-electron chi connectivity index (χ2n) is 4.01. The quantitative estimate of drug-likeness (QED) is 0.731. The normalized spacial score (nSPS) is 20.5. The fourth-order valence-electron chi connectivity index (χ4n) is 2.04. The maximum atomic E-state index is 6.13. The number of fused-ring (bicyclic) bond motifs is 1. The van der Waals surface area contributed by atoms with Gasteiger partial charge in [-0.15, -0.1) is 0 Å². The first kappa shape index (κ1) is 9.34. The second-order valence-corrected chi connectivity index (χ2v) is 4.01. The summed E-state index contributed by atoms with van der Waals surface area (Å²) in [5.41, 5.74) is 8.58. The molecular formula is C11H17N3. The Bertz CT molecular complexity index is 335. The molecule has 0 saturated heterocycles. The SMILES string of the molecule is CC(C)N1c2ccccc2N(C)C1N. The summed E-state index contributed by atoms with van der Waals surface area (Å²) in [5.74, 6) is 0. The molecule has 1 heterocycles. The average molecular weight is 191 g/mol. The first-order valence-corrected chi connectivity index (χ1v) is 4.98. The van der Waals surface area contributed by atoms with E-state index in [2.05, 4.69) is 41.8 Å². The number of hydrogen-bond acceptors (Lipinski definition) is 3. The van der Waals surface area contributed by atoms with Gasteiger partial charge in [0, 0.05) is 13.1 Å². The van der Waals surface area contributed by atoms with Crippen molar-refractivity contribution in [3.63, 3.8) is 0 Å². The summed E-state index contributed by atoms with van der Waals surface area (Å²) in [5, 5.41) is 0. The van der Waals surface area contributed by atoms with Crippen LogP contribution in [0.2, 0.25) is 0 Å². The number of nitrogens with zero attached hydrogens (tertiary/aromatic N) is 2. The van der Waals surface area contributed by atoms with Crippen molar-refractivity contribution in [2.24, 2.45) is 5.73 Å². The zero-order chi connectivity index (χ0) is 10.3. The summed E-state index contributed by atoms with van der Waals surface area (Å²) < 4.78 is 0. The predicted octanol–water partition coefficient (Wildman–Crippen LogP) is 1.59. The van der Waals surface area contributed by atoms with Gasteiger partial charge < -0.3 is 9.80 Å². The molecule has 76 valence electrons. The summed E-state index contributed by atoms with van der Waals surface area (Å²) in [6, 6.07) is 8.76. The predicted molar refractivity (Wildman–Crippen MR) is 60.4 cm³/mol. The highest BCUT2D eigenvalue weighted by Crippen LogP contribution is 2.37. The van der Waals surface area contributed by atoms with E-state index in [4.69, 9.17) is 5.73 Å². The first-order chi connectivity index (χ1) is 6.63. The van der Waals surface area contributed by atoms with Gasteiger partial charge in [-0.1, -0.05) is 12.1 Å². The Morgan fingerprint density at radius 1 is 1.21 bits per heavy atom. The molecule has 1 unspecified atom stereocenters. The van der Waals surface area contributed by atoms with Crippen molar-refractivity contribution in [2.45, 2.75) is 26.2 Å². The number of hydrogen-bond donors (Lipinski definition) is 1. The molecular weight excluding hydrogens is 174 g/mol. The molecule has 14 heavy (non-hydrogen) atoms. The van der Waals surface area contributed by atoms with Crippen LogP contribution in [0.1, 0.15) is 13.8 Å². The fraction of sp³-hybridized carbons (Fsp3) is 0.455. The summed E-state index contributed by atoms with van der Waals surface area (Å²) in [6.07, 6.45) is -0.0348. The van der Waals surface area contributed by atoms with Gasteiger partial charge in [0.2, 0.25) is 0 Å². The molecule has 3 heteroatoms. The van der Waals surface area contributed by atoms with Crippen LogP contribution >= 0.6 is 0 Å². The monoisotopic (exact) mass is 191 g/mol. The van der Waals surface area contributed by atoms with Gasteiger partial charge in [-0.2, -0.15) is 0 Å². The summed E-state index contributed by atoms with van der Waals surface area (Å²) in [4.78, 5) is 4.34. The highest BCUT2D eigenvalue weighted by Gasteiger charge is 2.31. The van der Waals surface area contributed by atoms with Crippen molar-refractivity contribution >= 4 is 11.4 Å². The van der Waals surface area contributed by atoms with Gasteiger partial charge in [-0.25, -0.2) is 0 Å². The molecule has 0 aliphatic carbocycles. The van der Waals surface area contributed by atoms with Crippen LogP contribution in [0.5, 0.6) is 0 Å². The molecule has 1 atom stereocenters. The van der Waals surface area contributed by atoms with Crippen LogP contribution in [0, 0.1) is 0 Å². The highest BCUT2D eigenvalue weighted by atomic mass is 15.5. The molecule has 0 bridgehead atoms. The van der Waals surface area contributed by atoms with Crippen LogP contribution in [0.3, 0.4) is 0 Å². The third-order valence-electron chi connectivity index (χ3n) is 2.78. The van der Waals surface area contributed by atoms with E-state index in [9.17, 15) is 0 Å². The van der Waals surface area contributed by atoms with E-state index < -0.39 is 0 Å². The van der Waals surface area contributed by atoms with E-state index in [-0.39, 0.29) is 6.29 Å². The number of para-hydroxylation sites is 2. The van der Waals surface area contributed by atoms with Crippen LogP contribution in [-0.2, 0) is 0 Å². The van der Waals surface area contributed by atoms with E-state index in [1.165, 1.54) is 11.4 Å². The third-order valence-corrected chi connectivity index (χ3v) is 2.78. The molecule has 0 amide bonds. The highest BCUT2D eigenvalue weighted by molar-refractivity contribution is 5.77. The molecule has 0 spiro atoms. The number of anilines is 2. The minimum Gasteiger partial charge on any atom is -0.340 e. The zero-order valence-electron chi connectivity index (χ0n) is 8.94. The van der Waals surface area contributed by atoms with E-state index in [0.717, 1.165) is 0 Å². The second kappa shape index (κ2) is 3.17.